The number of hydrogen-bond donors (Lipinski definition) is 1. The molecule has 3 nitrogen and oxygen atoms in total. The van der Waals surface area contributed by atoms with Gasteiger partial charge in [0.25, 0.3) is 0 Å². The van der Waals surface area contributed by atoms with E-state index in [1.54, 1.807) is 18.3 Å². The molecule has 0 radical (unpaired) electrons. The van der Waals surface area contributed by atoms with Crippen molar-refractivity contribution >= 4 is 5.69 Å². The molecule has 1 fully saturated rings. The summed E-state index contributed by atoms with van der Waals surface area (Å²) in [6, 6.07) is 3.65. The maximum Gasteiger partial charge on any atom is 0.405 e. The number of halogens is 3. The summed E-state index contributed by atoms with van der Waals surface area (Å²) in [6.07, 6.45) is -0.983. The Labute approximate surface area is 117 Å². The van der Waals surface area contributed by atoms with Crippen molar-refractivity contribution in [3.05, 3.63) is 24.0 Å². The van der Waals surface area contributed by atoms with Crippen LogP contribution in [0.25, 0.3) is 0 Å². The smallest absolute Gasteiger partial charge is 0.358 e. The Morgan fingerprint density at radius 2 is 2.10 bits per heavy atom. The summed E-state index contributed by atoms with van der Waals surface area (Å²) in [5.74, 6) is 0. The van der Waals surface area contributed by atoms with Gasteiger partial charge in [0, 0.05) is 12.1 Å². The van der Waals surface area contributed by atoms with E-state index in [9.17, 15) is 13.2 Å². The number of rotatable bonds is 6. The van der Waals surface area contributed by atoms with Crippen LogP contribution < -0.4 is 10.2 Å². The van der Waals surface area contributed by atoms with E-state index in [0.29, 0.717) is 5.69 Å². The zero-order valence-electron chi connectivity index (χ0n) is 11.7. The fraction of sp³-hybridized carbons (Fsp3) is 0.643. The van der Waals surface area contributed by atoms with Crippen molar-refractivity contribution in [3.63, 3.8) is 0 Å². The first kappa shape index (κ1) is 15.1. The second-order valence-electron chi connectivity index (χ2n) is 5.19. The number of hydrogen-bond acceptors (Lipinski definition) is 3. The minimum atomic E-state index is -4.18. The van der Waals surface area contributed by atoms with Crippen LogP contribution in [0.4, 0.5) is 18.9 Å². The second kappa shape index (κ2) is 5.99. The number of anilines is 1. The summed E-state index contributed by atoms with van der Waals surface area (Å²) in [6.45, 7) is 3.91. The normalized spacial score (nSPS) is 17.1. The van der Waals surface area contributed by atoms with Gasteiger partial charge in [0.15, 0.2) is 0 Å². The Balaban J connectivity index is 2.10. The van der Waals surface area contributed by atoms with E-state index in [1.807, 2.05) is 13.8 Å². The Bertz CT molecular complexity index is 426. The van der Waals surface area contributed by atoms with Crippen molar-refractivity contribution in [2.75, 3.05) is 18.0 Å². The highest BCUT2D eigenvalue weighted by Gasteiger charge is 2.38. The highest BCUT2D eigenvalue weighted by Crippen LogP contribution is 2.34. The van der Waals surface area contributed by atoms with Crippen LogP contribution in [0.5, 0.6) is 0 Å². The molecule has 20 heavy (non-hydrogen) atoms. The van der Waals surface area contributed by atoms with Gasteiger partial charge >= 0.3 is 6.18 Å². The fourth-order valence-electron chi connectivity index (χ4n) is 2.24. The monoisotopic (exact) mass is 287 g/mol. The van der Waals surface area contributed by atoms with Crippen LogP contribution in [0.2, 0.25) is 0 Å². The first-order valence-electron chi connectivity index (χ1n) is 6.93. The third-order valence-corrected chi connectivity index (χ3v) is 3.39. The maximum absolute atomic E-state index is 12.6. The van der Waals surface area contributed by atoms with Crippen molar-refractivity contribution < 1.29 is 13.2 Å². The highest BCUT2D eigenvalue weighted by atomic mass is 19.4. The van der Waals surface area contributed by atoms with Gasteiger partial charge in [-0.15, -0.1) is 0 Å². The Morgan fingerprint density at radius 1 is 1.40 bits per heavy atom. The molecule has 0 aromatic carbocycles. The zero-order valence-corrected chi connectivity index (χ0v) is 11.7. The summed E-state index contributed by atoms with van der Waals surface area (Å²) in [7, 11) is 0. The van der Waals surface area contributed by atoms with E-state index in [2.05, 4.69) is 10.3 Å². The average molecular weight is 287 g/mol. The largest absolute Gasteiger partial charge is 0.405 e. The third kappa shape index (κ3) is 4.10. The van der Waals surface area contributed by atoms with Gasteiger partial charge in [-0.05, 0) is 38.4 Å². The van der Waals surface area contributed by atoms with Crippen LogP contribution in [0, 0.1) is 0 Å². The molecular formula is C14H20F3N3. The van der Waals surface area contributed by atoms with Gasteiger partial charge in [-0.3, -0.25) is 4.98 Å². The molecule has 0 amide bonds. The quantitative estimate of drug-likeness (QED) is 0.870. The molecule has 0 spiro atoms. The number of nitrogens with one attached hydrogen (secondary N) is 1. The Morgan fingerprint density at radius 3 is 2.55 bits per heavy atom. The van der Waals surface area contributed by atoms with Gasteiger partial charge in [-0.25, -0.2) is 0 Å². The lowest BCUT2D eigenvalue weighted by Gasteiger charge is -2.26. The number of nitrogens with zero attached hydrogens (tertiary/aromatic N) is 2. The molecule has 0 aliphatic heterocycles. The minimum Gasteiger partial charge on any atom is -0.358 e. The number of aromatic nitrogens is 1. The van der Waals surface area contributed by atoms with Crippen molar-refractivity contribution in [3.8, 4) is 0 Å². The lowest BCUT2D eigenvalue weighted by Crippen LogP contribution is -2.36. The fourth-order valence-corrected chi connectivity index (χ4v) is 2.24. The second-order valence-corrected chi connectivity index (χ2v) is 5.19. The van der Waals surface area contributed by atoms with Crippen molar-refractivity contribution in [1.29, 1.82) is 0 Å². The third-order valence-electron chi connectivity index (χ3n) is 3.39. The average Bonchev–Trinajstić information content (AvgIpc) is 3.20. The lowest BCUT2D eigenvalue weighted by molar-refractivity contribution is -0.120. The summed E-state index contributed by atoms with van der Waals surface area (Å²) < 4.78 is 37.8. The van der Waals surface area contributed by atoms with Crippen molar-refractivity contribution in [1.82, 2.24) is 10.3 Å². The van der Waals surface area contributed by atoms with Crippen LogP contribution in [-0.4, -0.2) is 30.3 Å². The van der Waals surface area contributed by atoms with E-state index < -0.39 is 12.7 Å². The van der Waals surface area contributed by atoms with Crippen LogP contribution in [-0.2, 0) is 0 Å². The van der Waals surface area contributed by atoms with E-state index in [-0.39, 0.29) is 12.1 Å². The molecule has 0 bridgehead atoms. The summed E-state index contributed by atoms with van der Waals surface area (Å²) >= 11 is 0. The van der Waals surface area contributed by atoms with Gasteiger partial charge in [-0.1, -0.05) is 6.92 Å². The number of pyridine rings is 1. The molecule has 1 aromatic heterocycles. The van der Waals surface area contributed by atoms with Gasteiger partial charge in [0.05, 0.1) is 17.6 Å². The first-order valence-corrected chi connectivity index (χ1v) is 6.93. The standard InChI is InChI=1S/C14H20F3N3/c1-3-18-10(2)13-7-6-12(8-19-13)20(11-4-5-11)9-14(15,16)17/h6-8,10-11,18H,3-5,9H2,1-2H3. The van der Waals surface area contributed by atoms with Gasteiger partial charge < -0.3 is 10.2 Å². The summed E-state index contributed by atoms with van der Waals surface area (Å²) in [4.78, 5) is 5.70. The summed E-state index contributed by atoms with van der Waals surface area (Å²) in [5, 5.41) is 3.23. The Kier molecular flexibility index (Phi) is 4.52. The molecule has 0 saturated heterocycles. The van der Waals surface area contributed by atoms with Crippen LogP contribution in [0.15, 0.2) is 18.3 Å². The van der Waals surface area contributed by atoms with E-state index in [4.69, 9.17) is 0 Å². The highest BCUT2D eigenvalue weighted by molar-refractivity contribution is 5.47. The zero-order chi connectivity index (χ0) is 14.8. The Hall–Kier alpha value is -1.30. The molecule has 1 heterocycles. The predicted octanol–water partition coefficient (Wildman–Crippen LogP) is 3.28. The van der Waals surface area contributed by atoms with Crippen LogP contribution in [0.1, 0.15) is 38.4 Å². The molecule has 1 atom stereocenters. The summed E-state index contributed by atoms with van der Waals surface area (Å²) in [5.41, 5.74) is 1.40. The molecule has 112 valence electrons. The van der Waals surface area contributed by atoms with Gasteiger partial charge in [0.1, 0.15) is 6.54 Å². The molecule has 1 aromatic rings. The maximum atomic E-state index is 12.6. The van der Waals surface area contributed by atoms with Crippen molar-refractivity contribution in [2.24, 2.45) is 0 Å². The molecule has 1 saturated carbocycles. The van der Waals surface area contributed by atoms with E-state index >= 15 is 0 Å². The van der Waals surface area contributed by atoms with Gasteiger partial charge in [0.2, 0.25) is 0 Å². The molecule has 6 heteroatoms. The van der Waals surface area contributed by atoms with Gasteiger partial charge in [-0.2, -0.15) is 13.2 Å². The molecule has 1 N–H and O–H groups in total. The molecule has 2 rings (SSSR count). The molecular weight excluding hydrogens is 267 g/mol. The predicted molar refractivity (Wildman–Crippen MR) is 72.8 cm³/mol. The van der Waals surface area contributed by atoms with Crippen molar-refractivity contribution in [2.45, 2.75) is 44.9 Å². The van der Waals surface area contributed by atoms with E-state index in [1.165, 1.54) is 4.90 Å². The van der Waals surface area contributed by atoms with Crippen LogP contribution >= 0.6 is 0 Å². The van der Waals surface area contributed by atoms with Crippen LogP contribution in [0.3, 0.4) is 0 Å². The topological polar surface area (TPSA) is 28.2 Å². The lowest BCUT2D eigenvalue weighted by atomic mass is 10.2. The first-order chi connectivity index (χ1) is 9.40. The molecule has 1 aliphatic rings. The molecule has 1 unspecified atom stereocenters. The molecule has 1 aliphatic carbocycles. The van der Waals surface area contributed by atoms with E-state index in [0.717, 1.165) is 25.1 Å². The minimum absolute atomic E-state index is 0.00969. The SMILES string of the molecule is CCNC(C)c1ccc(N(CC(F)(F)F)C2CC2)cn1. The number of alkyl halides is 3.